The van der Waals surface area contributed by atoms with Crippen molar-refractivity contribution in [1.82, 2.24) is 4.57 Å². The van der Waals surface area contributed by atoms with E-state index in [-0.39, 0.29) is 11.6 Å². The summed E-state index contributed by atoms with van der Waals surface area (Å²) in [6.45, 7) is 0. The fraction of sp³-hybridized carbons (Fsp3) is 0.150. The monoisotopic (exact) mass is 684 g/mol. The van der Waals surface area contributed by atoms with E-state index in [9.17, 15) is 4.79 Å². The van der Waals surface area contributed by atoms with Crippen LogP contribution in [0, 0.1) is 0 Å². The van der Waals surface area contributed by atoms with Crippen molar-refractivity contribution in [3.8, 4) is 11.5 Å². The zero-order chi connectivity index (χ0) is 32.6. The van der Waals surface area contributed by atoms with Crippen molar-refractivity contribution in [2.75, 3.05) is 14.2 Å². The van der Waals surface area contributed by atoms with Crippen molar-refractivity contribution >= 4 is 55.0 Å². The van der Waals surface area contributed by atoms with Gasteiger partial charge in [-0.05, 0) is 83.0 Å². The third-order valence-electron chi connectivity index (χ3n) is 8.85. The molecular formula is C40H32N2O3S3. The number of benzene rings is 4. The first-order chi connectivity index (χ1) is 23.6. The van der Waals surface area contributed by atoms with E-state index < -0.39 is 0 Å². The van der Waals surface area contributed by atoms with Crippen molar-refractivity contribution in [2.24, 2.45) is 4.99 Å². The minimum atomic E-state index is -0.248. The molecule has 8 heteroatoms. The van der Waals surface area contributed by atoms with Gasteiger partial charge in [-0.3, -0.25) is 9.36 Å². The van der Waals surface area contributed by atoms with Crippen LogP contribution in [0.4, 0.5) is 0 Å². The predicted octanol–water partition coefficient (Wildman–Crippen LogP) is 8.74. The fourth-order valence-corrected chi connectivity index (χ4v) is 10.5. The molecule has 1 aromatic heterocycles. The van der Waals surface area contributed by atoms with E-state index in [1.165, 1.54) is 32.3 Å². The molecule has 0 saturated heterocycles. The van der Waals surface area contributed by atoms with Crippen LogP contribution in [0.5, 0.6) is 11.5 Å². The molecule has 3 aliphatic rings. The summed E-state index contributed by atoms with van der Waals surface area (Å²) in [7, 11) is 3.36. The van der Waals surface area contributed by atoms with E-state index in [0.717, 1.165) is 72.3 Å². The van der Waals surface area contributed by atoms with Crippen LogP contribution in [0.1, 0.15) is 47.6 Å². The summed E-state index contributed by atoms with van der Waals surface area (Å²) in [4.78, 5) is 23.0. The zero-order valence-electron chi connectivity index (χ0n) is 26.5. The summed E-state index contributed by atoms with van der Waals surface area (Å²) in [5.41, 5.74) is 7.87. The summed E-state index contributed by atoms with van der Waals surface area (Å²) < 4.78 is 14.6. The largest absolute Gasteiger partial charge is 0.497 e. The summed E-state index contributed by atoms with van der Waals surface area (Å²) >= 11 is 4.89. The second kappa shape index (κ2) is 13.2. The van der Waals surface area contributed by atoms with Crippen molar-refractivity contribution in [3.63, 3.8) is 0 Å². The van der Waals surface area contributed by atoms with Crippen LogP contribution in [-0.4, -0.2) is 18.8 Å². The maximum atomic E-state index is 14.7. The van der Waals surface area contributed by atoms with Gasteiger partial charge in [-0.15, -0.1) is 0 Å². The lowest BCUT2D eigenvalue weighted by Gasteiger charge is -2.31. The molecule has 1 aliphatic carbocycles. The molecule has 2 aliphatic heterocycles. The lowest BCUT2D eigenvalue weighted by molar-refractivity contribution is 0.414. The highest BCUT2D eigenvalue weighted by Gasteiger charge is 2.34. The van der Waals surface area contributed by atoms with Gasteiger partial charge in [-0.1, -0.05) is 120 Å². The molecule has 3 heterocycles. The van der Waals surface area contributed by atoms with Crippen molar-refractivity contribution in [3.05, 3.63) is 168 Å². The highest BCUT2D eigenvalue weighted by molar-refractivity contribution is 8.41. The average Bonchev–Trinajstić information content (AvgIpc) is 3.73. The third kappa shape index (κ3) is 5.68. The second-order valence-electron chi connectivity index (χ2n) is 11.7. The Morgan fingerprint density at radius 2 is 1.33 bits per heavy atom. The van der Waals surface area contributed by atoms with Crippen LogP contribution in [0.25, 0.3) is 20.1 Å². The van der Waals surface area contributed by atoms with Gasteiger partial charge in [-0.2, -0.15) is 0 Å². The van der Waals surface area contributed by atoms with Crippen LogP contribution in [-0.2, 0) is 0 Å². The molecule has 0 N–H and O–H groups in total. The molecule has 0 fully saturated rings. The minimum absolute atomic E-state index is 0.00842. The topological polar surface area (TPSA) is 52.8 Å². The quantitative estimate of drug-likeness (QED) is 0.179. The highest BCUT2D eigenvalue weighted by atomic mass is 32.2. The predicted molar refractivity (Wildman–Crippen MR) is 201 cm³/mol. The van der Waals surface area contributed by atoms with Gasteiger partial charge in [0.25, 0.3) is 5.56 Å². The summed E-state index contributed by atoms with van der Waals surface area (Å²) in [6, 6.07) is 36.9. The Morgan fingerprint density at radius 3 is 1.92 bits per heavy atom. The van der Waals surface area contributed by atoms with Gasteiger partial charge >= 0.3 is 0 Å². The number of ether oxygens (including phenoxy) is 2. The molecule has 1 atom stereocenters. The number of hydrogen-bond donors (Lipinski definition) is 0. The summed E-state index contributed by atoms with van der Waals surface area (Å²) in [6.07, 6.45) is 5.05. The average molecular weight is 685 g/mol. The Labute approximate surface area is 291 Å². The maximum absolute atomic E-state index is 14.7. The smallest absolute Gasteiger partial charge is 0.272 e. The van der Waals surface area contributed by atoms with E-state index in [4.69, 9.17) is 14.5 Å². The number of rotatable bonds is 6. The van der Waals surface area contributed by atoms with Crippen LogP contribution in [0.3, 0.4) is 0 Å². The van der Waals surface area contributed by atoms with Crippen LogP contribution >= 0.6 is 34.9 Å². The van der Waals surface area contributed by atoms with Crippen molar-refractivity contribution in [1.29, 1.82) is 0 Å². The fourth-order valence-electron chi connectivity index (χ4n) is 6.52. The number of nitrogens with zero attached hydrogens (tertiary/aromatic N) is 2. The molecule has 48 heavy (non-hydrogen) atoms. The van der Waals surface area contributed by atoms with Gasteiger partial charge in [0.2, 0.25) is 0 Å². The number of thioether (sulfide) groups is 2. The van der Waals surface area contributed by atoms with E-state index in [0.29, 0.717) is 0 Å². The molecule has 5 nitrogen and oxygen atoms in total. The number of hydrogen-bond acceptors (Lipinski definition) is 7. The Morgan fingerprint density at radius 1 is 0.750 bits per heavy atom. The molecule has 1 unspecified atom stereocenters. The third-order valence-corrected chi connectivity index (χ3v) is 12.9. The summed E-state index contributed by atoms with van der Waals surface area (Å²) in [5.74, 6) is 1.62. The minimum Gasteiger partial charge on any atom is -0.497 e. The SMILES string of the molecule is COc1ccc(/C=C2/CCCC3=C2N=c2sc(=C4SC(c5ccccc5)=C(c5ccccc5)S4)c(=O)n2C3c2ccc(OC)cc2)cc1. The molecule has 4 aromatic carbocycles. The van der Waals surface area contributed by atoms with Gasteiger partial charge in [0, 0.05) is 9.81 Å². The number of allylic oxidation sites excluding steroid dienone is 2. The molecule has 8 rings (SSSR count). The van der Waals surface area contributed by atoms with Gasteiger partial charge in [0.05, 0.1) is 30.2 Å². The van der Waals surface area contributed by atoms with Crippen LogP contribution in [0.2, 0.25) is 0 Å². The number of aromatic nitrogens is 1. The van der Waals surface area contributed by atoms with Gasteiger partial charge < -0.3 is 9.47 Å². The van der Waals surface area contributed by atoms with Gasteiger partial charge in [-0.25, -0.2) is 4.99 Å². The molecule has 238 valence electrons. The van der Waals surface area contributed by atoms with Crippen molar-refractivity contribution < 1.29 is 9.47 Å². The van der Waals surface area contributed by atoms with E-state index in [1.54, 1.807) is 37.7 Å². The first kappa shape index (κ1) is 30.8. The summed E-state index contributed by atoms with van der Waals surface area (Å²) in [5, 5.41) is 0. The molecule has 0 radical (unpaired) electrons. The van der Waals surface area contributed by atoms with Gasteiger partial charge in [0.15, 0.2) is 4.80 Å². The second-order valence-corrected chi connectivity index (χ2v) is 15.0. The molecule has 0 amide bonds. The molecular weight excluding hydrogens is 653 g/mol. The van der Waals surface area contributed by atoms with E-state index >= 15 is 0 Å². The van der Waals surface area contributed by atoms with Crippen molar-refractivity contribution in [2.45, 2.75) is 25.3 Å². The molecule has 0 bridgehead atoms. The maximum Gasteiger partial charge on any atom is 0.272 e. The Hall–Kier alpha value is -4.50. The Balaban J connectivity index is 1.30. The first-order valence-electron chi connectivity index (χ1n) is 15.9. The number of thiazole rings is 1. The van der Waals surface area contributed by atoms with Crippen LogP contribution < -0.4 is 24.4 Å². The molecule has 0 spiro atoms. The standard InChI is InChI=1S/C40H32N2O3S3/c1-44-30-20-16-25(17-21-30)24-29-14-9-15-32-33(29)41-40-42(34(32)26-18-22-31(45-2)23-19-26)38(43)37(48-40)39-46-35(27-10-5-3-6-11-27)36(47-39)28-12-7-4-8-13-28/h3-8,10-13,16-24,34H,9,14-15H2,1-2H3/b29-24-. The van der Waals surface area contributed by atoms with Gasteiger partial charge in [0.1, 0.15) is 16.0 Å². The molecule has 5 aromatic rings. The zero-order valence-corrected chi connectivity index (χ0v) is 29.0. The normalized spacial score (nSPS) is 18.1. The lowest BCUT2D eigenvalue weighted by atomic mass is 9.84. The Kier molecular flexibility index (Phi) is 8.46. The van der Waals surface area contributed by atoms with Crippen LogP contribution in [0.15, 0.2) is 136 Å². The lowest BCUT2D eigenvalue weighted by Crippen LogP contribution is -2.39. The van der Waals surface area contributed by atoms with E-state index in [2.05, 4.69) is 78.9 Å². The van der Waals surface area contributed by atoms with E-state index in [1.807, 2.05) is 41.0 Å². The number of fused-ring (bicyclic) bond motifs is 1. The molecule has 0 saturated carbocycles. The Bertz CT molecular complexity index is 2230. The highest BCUT2D eigenvalue weighted by Crippen LogP contribution is 2.57. The number of methoxy groups -OCH3 is 2. The first-order valence-corrected chi connectivity index (χ1v) is 18.3.